The number of hydrazine groups is 1. The standard InChI is InChI=1S/C14H21N5O/c1-9(2)11(7-8-20)16-13-10-5-3-4-6-12(10)17-14(18-13)19-15/h3-6,9,11,20H,7-8,15H2,1-2H3,(H2,16,17,18,19). The van der Waals surface area contributed by atoms with Crippen molar-refractivity contribution in [2.24, 2.45) is 11.8 Å². The first-order valence-corrected chi connectivity index (χ1v) is 6.76. The molecule has 20 heavy (non-hydrogen) atoms. The summed E-state index contributed by atoms with van der Waals surface area (Å²) >= 11 is 0. The van der Waals surface area contributed by atoms with Crippen LogP contribution in [-0.2, 0) is 0 Å². The van der Waals surface area contributed by atoms with Crippen molar-refractivity contribution in [3.63, 3.8) is 0 Å². The summed E-state index contributed by atoms with van der Waals surface area (Å²) in [4.78, 5) is 8.70. The Kier molecular flexibility index (Phi) is 4.70. The van der Waals surface area contributed by atoms with E-state index < -0.39 is 0 Å². The molecule has 0 saturated carbocycles. The van der Waals surface area contributed by atoms with Gasteiger partial charge in [0, 0.05) is 18.0 Å². The topological polar surface area (TPSA) is 96.1 Å². The highest BCUT2D eigenvalue weighted by Gasteiger charge is 2.15. The van der Waals surface area contributed by atoms with Gasteiger partial charge in [-0.3, -0.25) is 5.43 Å². The summed E-state index contributed by atoms with van der Waals surface area (Å²) in [5.74, 6) is 6.90. The molecule has 1 atom stereocenters. The van der Waals surface area contributed by atoms with Gasteiger partial charge >= 0.3 is 0 Å². The van der Waals surface area contributed by atoms with E-state index in [2.05, 4.69) is 34.6 Å². The Hall–Kier alpha value is -1.92. The fourth-order valence-electron chi connectivity index (χ4n) is 2.14. The van der Waals surface area contributed by atoms with E-state index in [1.54, 1.807) is 0 Å². The summed E-state index contributed by atoms with van der Waals surface area (Å²) < 4.78 is 0. The monoisotopic (exact) mass is 275 g/mol. The molecule has 2 rings (SSSR count). The molecule has 6 heteroatoms. The Balaban J connectivity index is 2.41. The predicted octanol–water partition coefficient (Wildman–Crippen LogP) is 1.73. The third-order valence-electron chi connectivity index (χ3n) is 3.30. The molecule has 6 nitrogen and oxygen atoms in total. The molecule has 0 fully saturated rings. The molecule has 0 aliphatic heterocycles. The second kappa shape index (κ2) is 6.49. The quantitative estimate of drug-likeness (QED) is 0.473. The first-order chi connectivity index (χ1) is 9.65. The van der Waals surface area contributed by atoms with E-state index in [4.69, 9.17) is 5.84 Å². The summed E-state index contributed by atoms with van der Waals surface area (Å²) in [7, 11) is 0. The number of aromatic nitrogens is 2. The zero-order chi connectivity index (χ0) is 14.5. The smallest absolute Gasteiger partial charge is 0.239 e. The summed E-state index contributed by atoms with van der Waals surface area (Å²) in [6, 6.07) is 7.90. The van der Waals surface area contributed by atoms with Crippen molar-refractivity contribution in [3.8, 4) is 0 Å². The van der Waals surface area contributed by atoms with Crippen LogP contribution in [0.1, 0.15) is 20.3 Å². The highest BCUT2D eigenvalue weighted by molar-refractivity contribution is 5.90. The van der Waals surface area contributed by atoms with E-state index in [1.165, 1.54) is 0 Å². The second-order valence-corrected chi connectivity index (χ2v) is 5.06. The lowest BCUT2D eigenvalue weighted by molar-refractivity contribution is 0.267. The molecule has 5 N–H and O–H groups in total. The van der Waals surface area contributed by atoms with E-state index in [0.717, 1.165) is 16.7 Å². The van der Waals surface area contributed by atoms with Crippen molar-refractivity contribution >= 4 is 22.7 Å². The predicted molar refractivity (Wildman–Crippen MR) is 81.3 cm³/mol. The Bertz CT molecular complexity index is 572. The number of hydrogen-bond donors (Lipinski definition) is 4. The van der Waals surface area contributed by atoms with Crippen LogP contribution in [0.3, 0.4) is 0 Å². The molecular formula is C14H21N5O. The number of rotatable bonds is 6. The minimum absolute atomic E-state index is 0.140. The number of para-hydroxylation sites is 1. The highest BCUT2D eigenvalue weighted by Crippen LogP contribution is 2.24. The van der Waals surface area contributed by atoms with Gasteiger partial charge in [-0.1, -0.05) is 26.0 Å². The van der Waals surface area contributed by atoms with Crippen molar-refractivity contribution in [1.29, 1.82) is 0 Å². The van der Waals surface area contributed by atoms with Gasteiger partial charge in [0.1, 0.15) is 5.82 Å². The van der Waals surface area contributed by atoms with Crippen LogP contribution in [0.2, 0.25) is 0 Å². The molecule has 0 spiro atoms. The molecule has 1 aromatic heterocycles. The van der Waals surface area contributed by atoms with Gasteiger partial charge in [0.15, 0.2) is 0 Å². The van der Waals surface area contributed by atoms with Gasteiger partial charge < -0.3 is 10.4 Å². The average molecular weight is 275 g/mol. The fourth-order valence-corrected chi connectivity index (χ4v) is 2.14. The number of benzene rings is 1. The molecule has 1 aromatic carbocycles. The van der Waals surface area contributed by atoms with Gasteiger partial charge in [0.25, 0.3) is 0 Å². The molecule has 1 unspecified atom stereocenters. The van der Waals surface area contributed by atoms with E-state index in [0.29, 0.717) is 18.3 Å². The van der Waals surface area contributed by atoms with E-state index in [-0.39, 0.29) is 12.6 Å². The van der Waals surface area contributed by atoms with E-state index >= 15 is 0 Å². The number of nitrogens with one attached hydrogen (secondary N) is 2. The van der Waals surface area contributed by atoms with Crippen molar-refractivity contribution in [2.75, 3.05) is 17.3 Å². The lowest BCUT2D eigenvalue weighted by Crippen LogP contribution is -2.27. The summed E-state index contributed by atoms with van der Waals surface area (Å²) in [5.41, 5.74) is 3.31. The molecule has 0 aliphatic rings. The highest BCUT2D eigenvalue weighted by atomic mass is 16.3. The van der Waals surface area contributed by atoms with Gasteiger partial charge in [-0.2, -0.15) is 4.98 Å². The number of nitrogen functional groups attached to an aromatic ring is 1. The van der Waals surface area contributed by atoms with Crippen molar-refractivity contribution in [2.45, 2.75) is 26.3 Å². The summed E-state index contributed by atoms with van der Waals surface area (Å²) in [6.07, 6.45) is 0.668. The Morgan fingerprint density at radius 1 is 1.25 bits per heavy atom. The number of hydrogen-bond acceptors (Lipinski definition) is 6. The maximum atomic E-state index is 9.17. The first kappa shape index (κ1) is 14.5. The van der Waals surface area contributed by atoms with Gasteiger partial charge in [0.05, 0.1) is 5.52 Å². The van der Waals surface area contributed by atoms with Gasteiger partial charge in [-0.25, -0.2) is 10.8 Å². The zero-order valence-corrected chi connectivity index (χ0v) is 11.8. The average Bonchev–Trinajstić information content (AvgIpc) is 2.46. The van der Waals surface area contributed by atoms with Crippen molar-refractivity contribution in [1.82, 2.24) is 9.97 Å². The maximum Gasteiger partial charge on any atom is 0.239 e. The van der Waals surface area contributed by atoms with Crippen molar-refractivity contribution < 1.29 is 5.11 Å². The number of nitrogens with two attached hydrogens (primary N) is 1. The van der Waals surface area contributed by atoms with Crippen molar-refractivity contribution in [3.05, 3.63) is 24.3 Å². The van der Waals surface area contributed by atoms with Crippen LogP contribution < -0.4 is 16.6 Å². The van der Waals surface area contributed by atoms with Gasteiger partial charge in [-0.05, 0) is 24.5 Å². The van der Waals surface area contributed by atoms with Crippen LogP contribution in [0.5, 0.6) is 0 Å². The molecule has 0 radical (unpaired) electrons. The number of aliphatic hydroxyl groups excluding tert-OH is 1. The SMILES string of the molecule is CC(C)C(CCO)Nc1nc(NN)nc2ccccc12. The van der Waals surface area contributed by atoms with Gasteiger partial charge in [0.2, 0.25) is 5.95 Å². The van der Waals surface area contributed by atoms with Crippen LogP contribution in [0.15, 0.2) is 24.3 Å². The number of fused-ring (bicyclic) bond motifs is 1. The van der Waals surface area contributed by atoms with Crippen LogP contribution in [0, 0.1) is 5.92 Å². The summed E-state index contributed by atoms with van der Waals surface area (Å²) in [5, 5.41) is 13.5. The lowest BCUT2D eigenvalue weighted by atomic mass is 10.0. The third-order valence-corrected chi connectivity index (χ3v) is 3.30. The molecule has 0 bridgehead atoms. The molecule has 2 aromatic rings. The number of aliphatic hydroxyl groups is 1. The molecule has 108 valence electrons. The van der Waals surface area contributed by atoms with Crippen LogP contribution in [0.4, 0.5) is 11.8 Å². The lowest BCUT2D eigenvalue weighted by Gasteiger charge is -2.23. The normalized spacial score (nSPS) is 12.7. The Labute approximate surface area is 118 Å². The molecule has 1 heterocycles. The molecular weight excluding hydrogens is 254 g/mol. The van der Waals surface area contributed by atoms with Crippen LogP contribution in [-0.4, -0.2) is 27.7 Å². The minimum atomic E-state index is 0.140. The minimum Gasteiger partial charge on any atom is -0.396 e. The number of anilines is 2. The summed E-state index contributed by atoms with van der Waals surface area (Å²) in [6.45, 7) is 4.36. The van der Waals surface area contributed by atoms with Crippen LogP contribution in [0.25, 0.3) is 10.9 Å². The third kappa shape index (κ3) is 3.15. The first-order valence-electron chi connectivity index (χ1n) is 6.76. The van der Waals surface area contributed by atoms with E-state index in [1.807, 2.05) is 24.3 Å². The second-order valence-electron chi connectivity index (χ2n) is 5.06. The largest absolute Gasteiger partial charge is 0.396 e. The van der Waals surface area contributed by atoms with Crippen LogP contribution >= 0.6 is 0 Å². The molecule has 0 saturated heterocycles. The van der Waals surface area contributed by atoms with Gasteiger partial charge in [-0.15, -0.1) is 0 Å². The molecule has 0 aliphatic carbocycles. The zero-order valence-electron chi connectivity index (χ0n) is 11.8. The molecule has 0 amide bonds. The van der Waals surface area contributed by atoms with E-state index in [9.17, 15) is 5.11 Å². The maximum absolute atomic E-state index is 9.17. The fraction of sp³-hybridized carbons (Fsp3) is 0.429. The Morgan fingerprint density at radius 3 is 2.65 bits per heavy atom. The number of nitrogens with zero attached hydrogens (tertiary/aromatic N) is 2. The Morgan fingerprint density at radius 2 is 2.00 bits per heavy atom.